The molecule has 10 heteroatoms. The summed E-state index contributed by atoms with van der Waals surface area (Å²) in [4.78, 5) is 21.0. The van der Waals surface area contributed by atoms with Crippen molar-refractivity contribution in [2.24, 2.45) is 0 Å². The lowest BCUT2D eigenvalue weighted by Gasteiger charge is -2.22. The van der Waals surface area contributed by atoms with Crippen molar-refractivity contribution in [3.63, 3.8) is 0 Å². The average Bonchev–Trinajstić information content (AvgIpc) is 2.92. The zero-order valence-electron chi connectivity index (χ0n) is 25.5. The minimum absolute atomic E-state index is 0.324. The van der Waals surface area contributed by atoms with Crippen LogP contribution in [0.5, 0.6) is 11.5 Å². The lowest BCUT2D eigenvalue weighted by atomic mass is 9.97. The highest BCUT2D eigenvalue weighted by atomic mass is 31.2. The van der Waals surface area contributed by atoms with Crippen molar-refractivity contribution >= 4 is 15.6 Å². The maximum absolute atomic E-state index is 12.9. The highest BCUT2D eigenvalue weighted by Gasteiger charge is 2.31. The van der Waals surface area contributed by atoms with E-state index in [1.807, 2.05) is 24.3 Å². The second kappa shape index (κ2) is 18.1. The molecule has 0 heterocycles. The summed E-state index contributed by atoms with van der Waals surface area (Å²) in [6.07, 6.45) is 10.1. The fraction of sp³-hybridized carbons (Fsp3) is 0.613. The molecule has 2 rings (SSSR count). The fourth-order valence-electron chi connectivity index (χ4n) is 4.62. The topological polar surface area (TPSA) is 112 Å². The van der Waals surface area contributed by atoms with Gasteiger partial charge in [-0.3, -0.25) is 18.8 Å². The molecule has 41 heavy (non-hydrogen) atoms. The predicted octanol–water partition coefficient (Wildman–Crippen LogP) is 9.14. The molecule has 0 radical (unpaired) electrons. The zero-order chi connectivity index (χ0) is 30.3. The Morgan fingerprint density at radius 2 is 1.07 bits per heavy atom. The van der Waals surface area contributed by atoms with Gasteiger partial charge in [0.25, 0.3) is 0 Å². The van der Waals surface area contributed by atoms with E-state index >= 15 is 0 Å². The molecule has 0 aromatic heterocycles. The van der Waals surface area contributed by atoms with Gasteiger partial charge >= 0.3 is 15.6 Å². The molecule has 8 nitrogen and oxygen atoms in total. The Labute approximate surface area is 247 Å². The van der Waals surface area contributed by atoms with Crippen LogP contribution in [0.15, 0.2) is 36.4 Å². The fourth-order valence-corrected chi connectivity index (χ4v) is 6.47. The smallest absolute Gasteiger partial charge is 0.404 e. The lowest BCUT2D eigenvalue weighted by Crippen LogP contribution is -2.17. The Morgan fingerprint density at radius 3 is 1.51 bits per heavy atom. The van der Waals surface area contributed by atoms with Crippen LogP contribution in [-0.4, -0.2) is 22.5 Å². The van der Waals surface area contributed by atoms with E-state index in [2.05, 4.69) is 27.7 Å². The molecule has 0 saturated heterocycles. The number of benzene rings is 2. The summed E-state index contributed by atoms with van der Waals surface area (Å²) >= 11 is 0. The predicted molar refractivity (Wildman–Crippen MR) is 165 cm³/mol. The molecule has 0 amide bonds. The normalized spacial score (nSPS) is 15.2. The van der Waals surface area contributed by atoms with Crippen LogP contribution in [0.2, 0.25) is 0 Å². The van der Waals surface area contributed by atoms with Crippen molar-refractivity contribution in [2.45, 2.75) is 118 Å². The summed E-state index contributed by atoms with van der Waals surface area (Å²) in [6.45, 7) is 9.46. The van der Waals surface area contributed by atoms with Crippen LogP contribution in [0.25, 0.3) is 0 Å². The van der Waals surface area contributed by atoms with E-state index in [0.717, 1.165) is 99.3 Å². The molecule has 3 unspecified atom stereocenters. The van der Waals surface area contributed by atoms with Gasteiger partial charge in [0.15, 0.2) is 0 Å². The Hall–Kier alpha value is -1.66. The second-order valence-electron chi connectivity index (χ2n) is 10.5. The summed E-state index contributed by atoms with van der Waals surface area (Å²) in [6, 6.07) is 11.0. The van der Waals surface area contributed by atoms with Gasteiger partial charge in [0, 0.05) is 0 Å². The van der Waals surface area contributed by atoms with Gasteiger partial charge in [-0.05, 0) is 92.7 Å². The number of phosphoric acid groups is 2. The molecule has 232 valence electrons. The van der Waals surface area contributed by atoms with E-state index in [-0.39, 0.29) is 0 Å². The number of rotatable bonds is 21. The van der Waals surface area contributed by atoms with Gasteiger partial charge in [-0.15, -0.1) is 0 Å². The van der Waals surface area contributed by atoms with Gasteiger partial charge in [-0.25, -0.2) is 9.13 Å². The van der Waals surface area contributed by atoms with E-state index in [1.165, 1.54) is 6.92 Å². The number of phosphoric ester groups is 2. The first-order valence-corrected chi connectivity index (χ1v) is 18.1. The van der Waals surface area contributed by atoms with Gasteiger partial charge in [-0.2, -0.15) is 0 Å². The molecule has 0 aliphatic heterocycles. The molecule has 2 aromatic carbocycles. The standard InChI is InChI=1S/C31H50O8P2/c1-6-10-16-26-18-14-22-30(28(26)20-12-8-3)38-40(32,33)36-24-25(5)37-41(34,35)39-31-23-15-19-27(17-11-7-2)29(31)21-13-9-4/h14-15,18-19,22-23,25H,6-13,16-17,20-21,24H2,1-5H3,(H,32,33)(H,34,35). The first-order valence-electron chi connectivity index (χ1n) is 15.1. The van der Waals surface area contributed by atoms with Crippen LogP contribution in [0.3, 0.4) is 0 Å². The molecule has 3 atom stereocenters. The van der Waals surface area contributed by atoms with Crippen LogP contribution in [0, 0.1) is 0 Å². The largest absolute Gasteiger partial charge is 0.527 e. The third kappa shape index (κ3) is 12.6. The highest BCUT2D eigenvalue weighted by Crippen LogP contribution is 2.49. The van der Waals surface area contributed by atoms with Crippen LogP contribution >= 0.6 is 15.6 Å². The highest BCUT2D eigenvalue weighted by molar-refractivity contribution is 7.48. The van der Waals surface area contributed by atoms with E-state index in [9.17, 15) is 18.9 Å². The van der Waals surface area contributed by atoms with Gasteiger partial charge in [0.1, 0.15) is 11.5 Å². The molecule has 0 spiro atoms. The first kappa shape index (κ1) is 35.5. The van der Waals surface area contributed by atoms with Crippen molar-refractivity contribution in [3.05, 3.63) is 58.7 Å². The second-order valence-corrected chi connectivity index (χ2v) is 13.2. The zero-order valence-corrected chi connectivity index (χ0v) is 27.3. The maximum Gasteiger partial charge on any atom is 0.527 e. The molecule has 0 aliphatic rings. The van der Waals surface area contributed by atoms with Crippen molar-refractivity contribution in [1.82, 2.24) is 0 Å². The van der Waals surface area contributed by atoms with Crippen molar-refractivity contribution in [1.29, 1.82) is 0 Å². The SMILES string of the molecule is CCCCc1cccc(OP(=O)(O)OCC(C)OP(=O)(O)Oc2cccc(CCCC)c2CCCC)c1CCCC. The summed E-state index contributed by atoms with van der Waals surface area (Å²) in [7, 11) is -9.09. The van der Waals surface area contributed by atoms with Crippen LogP contribution in [0.1, 0.15) is 108 Å². The molecule has 0 bridgehead atoms. The van der Waals surface area contributed by atoms with Crippen molar-refractivity contribution in [2.75, 3.05) is 6.61 Å². The van der Waals surface area contributed by atoms with E-state index in [0.29, 0.717) is 11.5 Å². The Balaban J connectivity index is 2.07. The number of unbranched alkanes of at least 4 members (excludes halogenated alkanes) is 4. The summed E-state index contributed by atoms with van der Waals surface area (Å²) in [5.74, 6) is 0.648. The van der Waals surface area contributed by atoms with Gasteiger partial charge in [0.05, 0.1) is 12.7 Å². The minimum atomic E-state index is -4.55. The monoisotopic (exact) mass is 612 g/mol. The Morgan fingerprint density at radius 1 is 0.659 bits per heavy atom. The molecule has 0 fully saturated rings. The lowest BCUT2D eigenvalue weighted by molar-refractivity contribution is 0.0878. The van der Waals surface area contributed by atoms with Crippen LogP contribution in [0.4, 0.5) is 0 Å². The van der Waals surface area contributed by atoms with E-state index in [4.69, 9.17) is 18.1 Å². The number of hydrogen-bond acceptors (Lipinski definition) is 6. The van der Waals surface area contributed by atoms with Gasteiger partial charge in [0.2, 0.25) is 0 Å². The third-order valence-electron chi connectivity index (χ3n) is 6.83. The average molecular weight is 613 g/mol. The van der Waals surface area contributed by atoms with Gasteiger partial charge in [-0.1, -0.05) is 77.6 Å². The number of aryl methyl sites for hydroxylation is 2. The molecule has 0 saturated carbocycles. The van der Waals surface area contributed by atoms with Gasteiger partial charge < -0.3 is 9.05 Å². The Bertz CT molecular complexity index is 1150. The van der Waals surface area contributed by atoms with Crippen molar-refractivity contribution < 1.29 is 37.0 Å². The quantitative estimate of drug-likeness (QED) is 0.134. The summed E-state index contributed by atoms with van der Waals surface area (Å²) < 4.78 is 47.3. The van der Waals surface area contributed by atoms with E-state index < -0.39 is 28.4 Å². The van der Waals surface area contributed by atoms with Crippen molar-refractivity contribution in [3.8, 4) is 11.5 Å². The van der Waals surface area contributed by atoms with E-state index in [1.54, 1.807) is 12.1 Å². The van der Waals surface area contributed by atoms with Crippen LogP contribution < -0.4 is 9.05 Å². The summed E-state index contributed by atoms with van der Waals surface area (Å²) in [5.41, 5.74) is 4.03. The molecule has 2 aromatic rings. The Kier molecular flexibility index (Phi) is 15.7. The molecule has 0 aliphatic carbocycles. The molecule has 2 N–H and O–H groups in total. The third-order valence-corrected chi connectivity index (χ3v) is 8.79. The molecular weight excluding hydrogens is 562 g/mol. The number of hydrogen-bond donors (Lipinski definition) is 2. The molecular formula is C31H50O8P2. The summed E-state index contributed by atoms with van der Waals surface area (Å²) in [5, 5.41) is 0. The minimum Gasteiger partial charge on any atom is -0.404 e. The maximum atomic E-state index is 12.9. The first-order chi connectivity index (χ1) is 19.6. The van der Waals surface area contributed by atoms with Crippen LogP contribution in [-0.2, 0) is 43.9 Å².